The lowest BCUT2D eigenvalue weighted by Crippen LogP contribution is -2.59. The number of aliphatic imine (C=N–C) groups is 2. The number of aromatic nitrogens is 4. The predicted octanol–water partition coefficient (Wildman–Crippen LogP) is 0.549. The zero-order valence-corrected chi connectivity index (χ0v) is 36.9. The lowest BCUT2D eigenvalue weighted by Gasteiger charge is -2.40. The van der Waals surface area contributed by atoms with Crippen molar-refractivity contribution in [3.05, 3.63) is 20.7 Å². The Labute approximate surface area is 361 Å². The monoisotopic (exact) mass is 910 g/mol. The Morgan fingerprint density at radius 1 is 0.581 bits per heavy atom. The standard InChI is InChI=1S/C36H46N8O16S2/c1-15(45)55-21-13-53-31(27(59-19(5)49)25(21)57-17(3)47)39-29-23(33(51)43(7)35(41-29)61-9)37-11-12-38-24-30(42-36(62-10)44(8)34(24)52)40-32-28(60-20(6)50)26(58-18(4)48)22(14-54-32)56-16(2)46/h11-12,21-22,25-28,31-32,39-40H,13-14H2,1-10H3/t21-,22-,25-,26+,27-,28+,31+,32+/m0/s1. The summed E-state index contributed by atoms with van der Waals surface area (Å²) in [5.41, 5.74) is -1.91. The van der Waals surface area contributed by atoms with Crippen molar-refractivity contribution in [2.24, 2.45) is 24.1 Å². The number of hydrogen-bond donors (Lipinski definition) is 2. The maximum absolute atomic E-state index is 13.7. The van der Waals surface area contributed by atoms with Crippen LogP contribution in [0.2, 0.25) is 0 Å². The van der Waals surface area contributed by atoms with Crippen LogP contribution in [-0.2, 0) is 80.8 Å². The molecule has 0 aliphatic carbocycles. The van der Waals surface area contributed by atoms with Gasteiger partial charge in [-0.15, -0.1) is 0 Å². The number of ether oxygens (including phenoxy) is 8. The van der Waals surface area contributed by atoms with Crippen LogP contribution < -0.4 is 21.8 Å². The van der Waals surface area contributed by atoms with Gasteiger partial charge in [-0.1, -0.05) is 23.5 Å². The lowest BCUT2D eigenvalue weighted by molar-refractivity contribution is -0.221. The minimum atomic E-state index is -1.42. The summed E-state index contributed by atoms with van der Waals surface area (Å²) in [5, 5.41) is 6.26. The molecule has 24 nitrogen and oxygen atoms in total. The fraction of sp³-hybridized carbons (Fsp3) is 0.556. The van der Waals surface area contributed by atoms with Gasteiger partial charge in [0.1, 0.15) is 0 Å². The van der Waals surface area contributed by atoms with E-state index in [-0.39, 0.29) is 46.5 Å². The van der Waals surface area contributed by atoms with E-state index in [1.165, 1.54) is 23.2 Å². The van der Waals surface area contributed by atoms with Crippen molar-refractivity contribution in [1.29, 1.82) is 0 Å². The van der Waals surface area contributed by atoms with Crippen molar-refractivity contribution < 1.29 is 66.7 Å². The van der Waals surface area contributed by atoms with Crippen LogP contribution in [0.15, 0.2) is 29.9 Å². The third kappa shape index (κ3) is 12.4. The number of esters is 6. The summed E-state index contributed by atoms with van der Waals surface area (Å²) in [4.78, 5) is 117. The largest absolute Gasteiger partial charge is 0.456 e. The summed E-state index contributed by atoms with van der Waals surface area (Å²) in [6.07, 6.45) is -4.98. The zero-order chi connectivity index (χ0) is 46.0. The molecule has 338 valence electrons. The van der Waals surface area contributed by atoms with Crippen LogP contribution in [-0.4, -0.2) is 142 Å². The quantitative estimate of drug-likeness (QED) is 0.0811. The molecule has 0 amide bonds. The Morgan fingerprint density at radius 3 is 1.18 bits per heavy atom. The lowest BCUT2D eigenvalue weighted by atomic mass is 10.0. The maximum Gasteiger partial charge on any atom is 0.303 e. The first-order valence-corrected chi connectivity index (χ1v) is 20.9. The van der Waals surface area contributed by atoms with Gasteiger partial charge in [0.05, 0.1) is 13.2 Å². The van der Waals surface area contributed by atoms with Crippen molar-refractivity contribution >= 4 is 94.8 Å². The highest BCUT2D eigenvalue weighted by Gasteiger charge is 2.49. The number of nitrogens with zero attached hydrogens (tertiary/aromatic N) is 6. The number of carbonyl (C=O) groups is 6. The van der Waals surface area contributed by atoms with E-state index in [9.17, 15) is 38.4 Å². The number of hydrogen-bond acceptors (Lipinski definition) is 24. The van der Waals surface area contributed by atoms with Crippen LogP contribution in [0.3, 0.4) is 0 Å². The minimum Gasteiger partial charge on any atom is -0.456 e. The van der Waals surface area contributed by atoms with E-state index in [0.717, 1.165) is 77.5 Å². The summed E-state index contributed by atoms with van der Waals surface area (Å²) < 4.78 is 46.5. The van der Waals surface area contributed by atoms with Crippen molar-refractivity contribution in [3.8, 4) is 0 Å². The molecule has 8 atom stereocenters. The first-order valence-electron chi connectivity index (χ1n) is 18.4. The molecule has 2 aliphatic heterocycles. The molecule has 2 aromatic heterocycles. The third-order valence-electron chi connectivity index (χ3n) is 8.55. The molecular formula is C36H46N8O16S2. The van der Waals surface area contributed by atoms with Gasteiger partial charge in [-0.25, -0.2) is 20.0 Å². The minimum absolute atomic E-state index is 0.165. The summed E-state index contributed by atoms with van der Waals surface area (Å²) in [7, 11) is 2.91. The number of nitrogens with one attached hydrogen (secondary N) is 2. The normalized spacial score (nSPS) is 23.6. The fourth-order valence-corrected chi connectivity index (χ4v) is 7.23. The Bertz CT molecular complexity index is 2080. The first kappa shape index (κ1) is 48.8. The Morgan fingerprint density at radius 2 is 0.887 bits per heavy atom. The highest BCUT2D eigenvalue weighted by atomic mass is 32.2. The molecule has 2 fully saturated rings. The molecule has 26 heteroatoms. The summed E-state index contributed by atoms with van der Waals surface area (Å²) in [5.74, 6) is -4.90. The van der Waals surface area contributed by atoms with Gasteiger partial charge in [0, 0.05) is 68.1 Å². The average Bonchev–Trinajstić information content (AvgIpc) is 3.18. The zero-order valence-electron chi connectivity index (χ0n) is 35.2. The van der Waals surface area contributed by atoms with E-state index >= 15 is 0 Å². The Balaban J connectivity index is 1.75. The van der Waals surface area contributed by atoms with E-state index in [1.807, 2.05) is 0 Å². The smallest absolute Gasteiger partial charge is 0.303 e. The van der Waals surface area contributed by atoms with Crippen LogP contribution in [0, 0.1) is 0 Å². The van der Waals surface area contributed by atoms with E-state index in [4.69, 9.17) is 37.9 Å². The fourth-order valence-electron chi connectivity index (χ4n) is 6.16. The molecule has 2 saturated heterocycles. The maximum atomic E-state index is 13.7. The molecule has 4 heterocycles. The summed E-state index contributed by atoms with van der Waals surface area (Å²) >= 11 is 2.24. The molecule has 0 saturated carbocycles. The summed E-state index contributed by atoms with van der Waals surface area (Å²) in [6, 6.07) is 0. The van der Waals surface area contributed by atoms with Gasteiger partial charge >= 0.3 is 35.8 Å². The Hall–Kier alpha value is -5.86. The van der Waals surface area contributed by atoms with Gasteiger partial charge in [-0.2, -0.15) is 0 Å². The molecule has 0 spiro atoms. The topological polar surface area (TPSA) is 295 Å². The van der Waals surface area contributed by atoms with Gasteiger partial charge in [0.2, 0.25) is 0 Å². The van der Waals surface area contributed by atoms with E-state index in [2.05, 4.69) is 30.6 Å². The molecule has 2 aromatic rings. The average molecular weight is 911 g/mol. The van der Waals surface area contributed by atoms with E-state index in [1.54, 1.807) is 12.5 Å². The van der Waals surface area contributed by atoms with Gasteiger partial charge < -0.3 is 48.5 Å². The molecule has 0 aromatic carbocycles. The molecular weight excluding hydrogens is 865 g/mol. The van der Waals surface area contributed by atoms with Crippen LogP contribution in [0.25, 0.3) is 0 Å². The first-order chi connectivity index (χ1) is 29.2. The number of rotatable bonds is 15. The third-order valence-corrected chi connectivity index (χ3v) is 10.0. The van der Waals surface area contributed by atoms with Crippen LogP contribution in [0.1, 0.15) is 41.5 Å². The summed E-state index contributed by atoms with van der Waals surface area (Å²) in [6.45, 7) is 6.07. The SMILES string of the molecule is CSc1nc(N[C@@H]2OC[C@H](OC(C)=O)[C@@H](OC(C)=O)[C@H]2OC(C)=O)c(N=CC=Nc2c(N[C@@H]3OC[C@H](OC(C)=O)[C@H](OC(C)=O)[C@@H]3OC(C)=O)nc(SC)n(C)c2=O)c(=O)n1C. The predicted molar refractivity (Wildman–Crippen MR) is 219 cm³/mol. The number of anilines is 2. The molecule has 0 radical (unpaired) electrons. The molecule has 0 unspecified atom stereocenters. The number of carbonyl (C=O) groups excluding carboxylic acids is 6. The van der Waals surface area contributed by atoms with Crippen LogP contribution in [0.5, 0.6) is 0 Å². The number of thioether (sulfide) groups is 2. The van der Waals surface area contributed by atoms with Crippen LogP contribution in [0.4, 0.5) is 23.0 Å². The molecule has 0 bridgehead atoms. The second kappa shape index (κ2) is 21.8. The molecule has 62 heavy (non-hydrogen) atoms. The van der Waals surface area contributed by atoms with Crippen molar-refractivity contribution in [2.75, 3.05) is 36.4 Å². The van der Waals surface area contributed by atoms with Crippen molar-refractivity contribution in [3.63, 3.8) is 0 Å². The highest BCUT2D eigenvalue weighted by molar-refractivity contribution is 7.98. The van der Waals surface area contributed by atoms with Gasteiger partial charge in [0.15, 0.2) is 82.4 Å². The highest BCUT2D eigenvalue weighted by Crippen LogP contribution is 2.31. The van der Waals surface area contributed by atoms with Crippen molar-refractivity contribution in [2.45, 2.75) is 101 Å². The van der Waals surface area contributed by atoms with Gasteiger partial charge in [0.25, 0.3) is 11.1 Å². The van der Waals surface area contributed by atoms with Gasteiger partial charge in [-0.05, 0) is 12.5 Å². The second-order valence-electron chi connectivity index (χ2n) is 13.3. The second-order valence-corrected chi connectivity index (χ2v) is 14.8. The van der Waals surface area contributed by atoms with E-state index in [0.29, 0.717) is 0 Å². The Kier molecular flexibility index (Phi) is 17.1. The van der Waals surface area contributed by atoms with E-state index < -0.39 is 96.0 Å². The van der Waals surface area contributed by atoms with Crippen LogP contribution >= 0.6 is 23.5 Å². The van der Waals surface area contributed by atoms with Crippen molar-refractivity contribution in [1.82, 2.24) is 19.1 Å². The molecule has 4 rings (SSSR count). The molecule has 2 N–H and O–H groups in total. The van der Waals surface area contributed by atoms with Gasteiger partial charge in [-0.3, -0.25) is 47.5 Å². The molecule has 2 aliphatic rings.